The SMILES string of the molecule is CCCCc1nc2ccc(Br)cc2c(=O)n1N=Cc1cc(OC)c(OCc2ccc(C(=O)O)cc2)c(Cl)c1Br. The van der Waals surface area contributed by atoms with Gasteiger partial charge in [0.25, 0.3) is 5.56 Å². The summed E-state index contributed by atoms with van der Waals surface area (Å²) in [4.78, 5) is 29.1. The normalized spacial score (nSPS) is 11.3. The van der Waals surface area contributed by atoms with Crippen molar-refractivity contribution in [3.05, 3.63) is 95.4 Å². The number of aryl methyl sites for hydroxylation is 1. The van der Waals surface area contributed by atoms with E-state index in [0.29, 0.717) is 44.7 Å². The average Bonchev–Trinajstić information content (AvgIpc) is 2.93. The summed E-state index contributed by atoms with van der Waals surface area (Å²) in [7, 11) is 1.49. The van der Waals surface area contributed by atoms with Crippen LogP contribution in [0.15, 0.2) is 67.4 Å². The number of carbonyl (C=O) groups is 1. The van der Waals surface area contributed by atoms with Gasteiger partial charge in [-0.1, -0.05) is 53.0 Å². The lowest BCUT2D eigenvalue weighted by molar-refractivity contribution is 0.0697. The molecule has 0 saturated carbocycles. The predicted molar refractivity (Wildman–Crippen MR) is 159 cm³/mol. The maximum absolute atomic E-state index is 13.4. The van der Waals surface area contributed by atoms with Gasteiger partial charge in [0.2, 0.25) is 0 Å². The third kappa shape index (κ3) is 6.51. The molecular weight excluding hydrogens is 654 g/mol. The first-order chi connectivity index (χ1) is 18.7. The van der Waals surface area contributed by atoms with Crippen LogP contribution in [0.2, 0.25) is 5.02 Å². The van der Waals surface area contributed by atoms with Gasteiger partial charge in [-0.15, -0.1) is 0 Å². The number of hydrogen-bond donors (Lipinski definition) is 1. The van der Waals surface area contributed by atoms with Crippen LogP contribution >= 0.6 is 43.5 Å². The van der Waals surface area contributed by atoms with Crippen LogP contribution < -0.4 is 15.0 Å². The number of nitrogens with zero attached hydrogens (tertiary/aromatic N) is 3. The fraction of sp³-hybridized carbons (Fsp3) is 0.214. The van der Waals surface area contributed by atoms with Crippen LogP contribution in [-0.2, 0) is 13.0 Å². The molecule has 1 heterocycles. The van der Waals surface area contributed by atoms with Crippen molar-refractivity contribution in [3.63, 3.8) is 0 Å². The van der Waals surface area contributed by atoms with Gasteiger partial charge < -0.3 is 14.6 Å². The maximum Gasteiger partial charge on any atom is 0.335 e. The van der Waals surface area contributed by atoms with Gasteiger partial charge in [-0.2, -0.15) is 9.78 Å². The molecule has 0 bridgehead atoms. The van der Waals surface area contributed by atoms with E-state index in [-0.39, 0.29) is 22.8 Å². The monoisotopic (exact) mass is 675 g/mol. The number of aromatic nitrogens is 2. The zero-order valence-corrected chi connectivity index (χ0v) is 25.0. The number of fused-ring (bicyclic) bond motifs is 1. The number of carboxylic acid groups (broad SMARTS) is 1. The number of rotatable bonds is 10. The molecule has 0 fully saturated rings. The summed E-state index contributed by atoms with van der Waals surface area (Å²) < 4.78 is 14.1. The predicted octanol–water partition coefficient (Wildman–Crippen LogP) is 7.09. The zero-order valence-electron chi connectivity index (χ0n) is 21.1. The van der Waals surface area contributed by atoms with Gasteiger partial charge in [-0.25, -0.2) is 9.78 Å². The Labute approximate surface area is 246 Å². The molecule has 0 spiro atoms. The van der Waals surface area contributed by atoms with Crippen LogP contribution in [-0.4, -0.2) is 34.1 Å². The van der Waals surface area contributed by atoms with Crippen molar-refractivity contribution < 1.29 is 19.4 Å². The van der Waals surface area contributed by atoms with Crippen molar-refractivity contribution in [3.8, 4) is 11.5 Å². The second-order valence-electron chi connectivity index (χ2n) is 8.57. The molecule has 8 nitrogen and oxygen atoms in total. The standard InChI is InChI=1S/C28H24Br2ClN3O5/c1-3-4-5-23-33-21-11-10-19(29)13-20(21)27(35)34(23)32-14-18-12-22(38-2)26(25(31)24(18)30)39-15-16-6-8-17(9-7-16)28(36)37/h6-14H,3-5,15H2,1-2H3,(H,36,37). The first kappa shape index (κ1) is 28.8. The molecule has 39 heavy (non-hydrogen) atoms. The van der Waals surface area contributed by atoms with Crippen LogP contribution in [0.25, 0.3) is 10.9 Å². The molecule has 1 aromatic heterocycles. The minimum atomic E-state index is -1.000. The van der Waals surface area contributed by atoms with Gasteiger partial charge in [0.05, 0.1) is 29.8 Å². The maximum atomic E-state index is 13.4. The van der Waals surface area contributed by atoms with Gasteiger partial charge >= 0.3 is 5.97 Å². The van der Waals surface area contributed by atoms with Crippen molar-refractivity contribution >= 4 is 66.5 Å². The van der Waals surface area contributed by atoms with Crippen LogP contribution in [0.1, 0.15) is 47.1 Å². The fourth-order valence-electron chi connectivity index (χ4n) is 3.81. The first-order valence-electron chi connectivity index (χ1n) is 12.0. The molecule has 3 aromatic carbocycles. The Balaban J connectivity index is 1.68. The highest BCUT2D eigenvalue weighted by molar-refractivity contribution is 9.10. The Hall–Kier alpha value is -3.21. The second-order valence-corrected chi connectivity index (χ2v) is 10.7. The molecule has 0 amide bonds. The Bertz CT molecular complexity index is 1620. The number of hydrogen-bond acceptors (Lipinski definition) is 6. The Kier molecular flexibility index (Phi) is 9.42. The van der Waals surface area contributed by atoms with E-state index < -0.39 is 5.97 Å². The molecule has 4 rings (SSSR count). The summed E-state index contributed by atoms with van der Waals surface area (Å²) in [5.74, 6) is 0.242. The highest BCUT2D eigenvalue weighted by atomic mass is 79.9. The van der Waals surface area contributed by atoms with E-state index in [1.807, 2.05) is 12.1 Å². The number of carboxylic acids is 1. The summed E-state index contributed by atoms with van der Waals surface area (Å²) >= 11 is 13.6. The molecular formula is C28H24Br2ClN3O5. The molecule has 0 unspecified atom stereocenters. The number of halogens is 3. The number of aromatic carboxylic acids is 1. The van der Waals surface area contributed by atoms with Crippen molar-refractivity contribution in [2.24, 2.45) is 5.10 Å². The van der Waals surface area contributed by atoms with Crippen molar-refractivity contribution in [2.75, 3.05) is 7.11 Å². The minimum Gasteiger partial charge on any atom is -0.493 e. The largest absolute Gasteiger partial charge is 0.493 e. The van der Waals surface area contributed by atoms with E-state index in [1.165, 1.54) is 30.1 Å². The third-order valence-electron chi connectivity index (χ3n) is 5.90. The van der Waals surface area contributed by atoms with Crippen molar-refractivity contribution in [1.82, 2.24) is 9.66 Å². The van der Waals surface area contributed by atoms with Gasteiger partial charge in [0, 0.05) is 20.9 Å². The fourth-order valence-corrected chi connectivity index (χ4v) is 4.83. The number of ether oxygens (including phenoxy) is 2. The van der Waals surface area contributed by atoms with E-state index in [9.17, 15) is 9.59 Å². The van der Waals surface area contributed by atoms with Gasteiger partial charge in [-0.05, 0) is 64.3 Å². The van der Waals surface area contributed by atoms with Crippen LogP contribution in [0, 0.1) is 0 Å². The molecule has 4 aromatic rings. The lowest BCUT2D eigenvalue weighted by Crippen LogP contribution is -2.22. The number of unbranched alkanes of at least 4 members (excludes halogenated alkanes) is 1. The molecule has 11 heteroatoms. The summed E-state index contributed by atoms with van der Waals surface area (Å²) in [6, 6.07) is 13.4. The van der Waals surface area contributed by atoms with E-state index in [2.05, 4.69) is 43.9 Å². The first-order valence-corrected chi connectivity index (χ1v) is 14.0. The third-order valence-corrected chi connectivity index (χ3v) is 7.84. The topological polar surface area (TPSA) is 103 Å². The highest BCUT2D eigenvalue weighted by Crippen LogP contribution is 2.42. The Morgan fingerprint density at radius 2 is 1.92 bits per heavy atom. The van der Waals surface area contributed by atoms with Crippen LogP contribution in [0.3, 0.4) is 0 Å². The molecule has 1 N–H and O–H groups in total. The van der Waals surface area contributed by atoms with E-state index in [0.717, 1.165) is 22.9 Å². The lowest BCUT2D eigenvalue weighted by Gasteiger charge is -2.15. The Morgan fingerprint density at radius 1 is 1.18 bits per heavy atom. The zero-order chi connectivity index (χ0) is 28.1. The summed E-state index contributed by atoms with van der Waals surface area (Å²) in [5.41, 5.74) is 1.86. The molecule has 0 radical (unpaired) electrons. The van der Waals surface area contributed by atoms with Crippen molar-refractivity contribution in [2.45, 2.75) is 32.8 Å². The Morgan fingerprint density at radius 3 is 2.59 bits per heavy atom. The van der Waals surface area contributed by atoms with Gasteiger partial charge in [0.15, 0.2) is 11.5 Å². The molecule has 0 aliphatic carbocycles. The highest BCUT2D eigenvalue weighted by Gasteiger charge is 2.18. The van der Waals surface area contributed by atoms with Gasteiger partial charge in [0.1, 0.15) is 17.5 Å². The smallest absolute Gasteiger partial charge is 0.335 e. The van der Waals surface area contributed by atoms with Gasteiger partial charge in [-0.3, -0.25) is 4.79 Å². The molecule has 0 aliphatic rings. The quantitative estimate of drug-likeness (QED) is 0.180. The number of methoxy groups -OCH3 is 1. The summed E-state index contributed by atoms with van der Waals surface area (Å²) in [6.45, 7) is 2.22. The summed E-state index contributed by atoms with van der Waals surface area (Å²) in [5, 5.41) is 14.3. The average molecular weight is 678 g/mol. The molecule has 0 atom stereocenters. The summed E-state index contributed by atoms with van der Waals surface area (Å²) in [6.07, 6.45) is 3.93. The molecule has 202 valence electrons. The van der Waals surface area contributed by atoms with Crippen LogP contribution in [0.4, 0.5) is 0 Å². The minimum absolute atomic E-state index is 0.143. The molecule has 0 saturated heterocycles. The van der Waals surface area contributed by atoms with E-state index in [1.54, 1.807) is 24.3 Å². The van der Waals surface area contributed by atoms with Crippen molar-refractivity contribution in [1.29, 1.82) is 0 Å². The van der Waals surface area contributed by atoms with Crippen LogP contribution in [0.5, 0.6) is 11.5 Å². The molecule has 0 aliphatic heterocycles. The second kappa shape index (κ2) is 12.8. The number of benzene rings is 3. The lowest BCUT2D eigenvalue weighted by atomic mass is 10.1. The van der Waals surface area contributed by atoms with E-state index in [4.69, 9.17) is 31.2 Å². The van der Waals surface area contributed by atoms with E-state index >= 15 is 0 Å².